The Hall–Kier alpha value is -2.42. The Morgan fingerprint density at radius 3 is 2.39 bits per heavy atom. The summed E-state index contributed by atoms with van der Waals surface area (Å²) in [6, 6.07) is 9.89. The maximum absolute atomic E-state index is 13.4. The van der Waals surface area contributed by atoms with Crippen molar-refractivity contribution in [2.45, 2.75) is 32.6 Å². The molecule has 0 spiro atoms. The standard InChI is InChI=1S/C23H32N4O2.2H2O/c1-17-9-11-18(12-10-17)22-24-13-21(28)27(20-7-5-4-6-8-20)23-19(15-29-22)14-25(2)16-26(23)3;;/h4-8,17-18H,9-16H2,1-3H3;2*1H2. The number of para-hydroxylation sites is 1. The van der Waals surface area contributed by atoms with E-state index in [4.69, 9.17) is 9.73 Å². The number of benzene rings is 1. The van der Waals surface area contributed by atoms with Gasteiger partial charge < -0.3 is 20.6 Å². The Morgan fingerprint density at radius 1 is 1.03 bits per heavy atom. The van der Waals surface area contributed by atoms with Gasteiger partial charge in [0.05, 0.1) is 12.4 Å². The van der Waals surface area contributed by atoms with Gasteiger partial charge in [0.15, 0.2) is 5.90 Å². The first-order valence-corrected chi connectivity index (χ1v) is 10.7. The Labute approximate surface area is 184 Å². The van der Waals surface area contributed by atoms with Crippen molar-refractivity contribution in [2.24, 2.45) is 16.8 Å². The summed E-state index contributed by atoms with van der Waals surface area (Å²) < 4.78 is 6.30. The lowest BCUT2D eigenvalue weighted by molar-refractivity contribution is -0.117. The lowest BCUT2D eigenvalue weighted by Gasteiger charge is -2.40. The molecule has 172 valence electrons. The third kappa shape index (κ3) is 5.44. The molecule has 0 unspecified atom stereocenters. The molecule has 1 fully saturated rings. The van der Waals surface area contributed by atoms with Crippen molar-refractivity contribution in [2.75, 3.05) is 45.4 Å². The molecule has 8 heteroatoms. The quantitative estimate of drug-likeness (QED) is 0.707. The van der Waals surface area contributed by atoms with Crippen LogP contribution in [0.1, 0.15) is 32.6 Å². The first-order chi connectivity index (χ1) is 14.0. The average Bonchev–Trinajstić information content (AvgIpc) is 2.78. The van der Waals surface area contributed by atoms with Crippen molar-refractivity contribution in [1.29, 1.82) is 0 Å². The second-order valence-electron chi connectivity index (χ2n) is 8.75. The van der Waals surface area contributed by atoms with Gasteiger partial charge in [-0.2, -0.15) is 0 Å². The number of hydrogen-bond donors (Lipinski definition) is 0. The number of rotatable bonds is 2. The van der Waals surface area contributed by atoms with Crippen molar-refractivity contribution in [1.82, 2.24) is 9.80 Å². The van der Waals surface area contributed by atoms with Crippen LogP contribution in [0.2, 0.25) is 0 Å². The van der Waals surface area contributed by atoms with Gasteiger partial charge in [-0.3, -0.25) is 14.6 Å². The van der Waals surface area contributed by atoms with Crippen LogP contribution in [-0.4, -0.2) is 73.0 Å². The summed E-state index contributed by atoms with van der Waals surface area (Å²) >= 11 is 0. The van der Waals surface area contributed by atoms with E-state index in [2.05, 4.69) is 23.8 Å². The zero-order valence-corrected chi connectivity index (χ0v) is 18.8. The van der Waals surface area contributed by atoms with Crippen LogP contribution >= 0.6 is 0 Å². The fourth-order valence-corrected chi connectivity index (χ4v) is 4.72. The molecule has 31 heavy (non-hydrogen) atoms. The average molecular weight is 433 g/mol. The molecule has 1 saturated carbocycles. The Bertz CT molecular complexity index is 803. The molecule has 0 bridgehead atoms. The van der Waals surface area contributed by atoms with Crippen molar-refractivity contribution in [3.05, 3.63) is 41.7 Å². The highest BCUT2D eigenvalue weighted by Gasteiger charge is 2.33. The zero-order chi connectivity index (χ0) is 20.4. The van der Waals surface area contributed by atoms with E-state index >= 15 is 0 Å². The maximum atomic E-state index is 13.4. The topological polar surface area (TPSA) is 111 Å². The molecule has 0 saturated heterocycles. The van der Waals surface area contributed by atoms with E-state index in [1.807, 2.05) is 42.3 Å². The van der Waals surface area contributed by atoms with Crippen LogP contribution in [0.15, 0.2) is 46.7 Å². The lowest BCUT2D eigenvalue weighted by Crippen LogP contribution is -2.48. The van der Waals surface area contributed by atoms with Gasteiger partial charge in [0, 0.05) is 25.1 Å². The molecule has 8 nitrogen and oxygen atoms in total. The van der Waals surface area contributed by atoms with Crippen molar-refractivity contribution in [3.8, 4) is 0 Å². The van der Waals surface area contributed by atoms with Gasteiger partial charge in [0.1, 0.15) is 19.0 Å². The van der Waals surface area contributed by atoms with Gasteiger partial charge in [-0.25, -0.2) is 4.99 Å². The normalized spacial score (nSPS) is 25.1. The predicted molar refractivity (Wildman–Crippen MR) is 123 cm³/mol. The van der Waals surface area contributed by atoms with Crippen LogP contribution in [0, 0.1) is 11.8 Å². The van der Waals surface area contributed by atoms with Gasteiger partial charge in [-0.1, -0.05) is 25.1 Å². The van der Waals surface area contributed by atoms with Crippen LogP contribution in [0.5, 0.6) is 0 Å². The molecule has 4 N–H and O–H groups in total. The number of carbonyl (C=O) groups excluding carboxylic acids is 1. The fraction of sp³-hybridized carbons (Fsp3) is 0.565. The molecule has 2 heterocycles. The van der Waals surface area contributed by atoms with Gasteiger partial charge in [-0.05, 0) is 50.8 Å². The summed E-state index contributed by atoms with van der Waals surface area (Å²) in [6.07, 6.45) is 4.61. The number of ether oxygens (including phenoxy) is 1. The van der Waals surface area contributed by atoms with Crippen molar-refractivity contribution < 1.29 is 20.5 Å². The van der Waals surface area contributed by atoms with Crippen LogP contribution in [-0.2, 0) is 9.53 Å². The molecule has 1 aromatic rings. The van der Waals surface area contributed by atoms with Crippen LogP contribution < -0.4 is 4.90 Å². The Kier molecular flexibility index (Phi) is 8.61. The molecule has 3 aliphatic rings. The Balaban J connectivity index is 0.00000171. The van der Waals surface area contributed by atoms with Gasteiger partial charge in [0.2, 0.25) is 0 Å². The van der Waals surface area contributed by atoms with E-state index < -0.39 is 0 Å². The van der Waals surface area contributed by atoms with Crippen LogP contribution in [0.4, 0.5) is 5.69 Å². The second kappa shape index (κ2) is 10.7. The highest BCUT2D eigenvalue weighted by molar-refractivity contribution is 5.99. The third-order valence-corrected chi connectivity index (χ3v) is 6.20. The van der Waals surface area contributed by atoms with Crippen molar-refractivity contribution in [3.63, 3.8) is 0 Å². The molecular weight excluding hydrogens is 396 g/mol. The molecule has 1 aliphatic carbocycles. The smallest absolute Gasteiger partial charge is 0.254 e. The maximum Gasteiger partial charge on any atom is 0.254 e. The molecule has 2 aliphatic heterocycles. The van der Waals surface area contributed by atoms with E-state index in [1.165, 1.54) is 12.8 Å². The fourth-order valence-electron chi connectivity index (χ4n) is 4.72. The molecular formula is C23H36N4O4. The summed E-state index contributed by atoms with van der Waals surface area (Å²) in [4.78, 5) is 24.3. The SMILES string of the molecule is CC1CCC(C2=NCC(=O)N(c3ccccc3)C3=C(CO2)CN(C)CN3C)CC1.O.O. The van der Waals surface area contributed by atoms with E-state index in [9.17, 15) is 4.79 Å². The number of likely N-dealkylation sites (N-methyl/N-ethyl adjacent to an activating group) is 1. The van der Waals surface area contributed by atoms with Crippen LogP contribution in [0.3, 0.4) is 0 Å². The molecule has 0 atom stereocenters. The van der Waals surface area contributed by atoms with Gasteiger partial charge in [0.25, 0.3) is 5.91 Å². The summed E-state index contributed by atoms with van der Waals surface area (Å²) in [7, 11) is 4.13. The molecule has 0 aromatic heterocycles. The lowest BCUT2D eigenvalue weighted by atomic mass is 9.83. The van der Waals surface area contributed by atoms with E-state index in [0.717, 1.165) is 55.0 Å². The first-order valence-electron chi connectivity index (χ1n) is 10.7. The largest absolute Gasteiger partial charge is 0.476 e. The highest BCUT2D eigenvalue weighted by Crippen LogP contribution is 2.32. The predicted octanol–water partition coefficient (Wildman–Crippen LogP) is 1.67. The van der Waals surface area contributed by atoms with E-state index in [0.29, 0.717) is 12.5 Å². The minimum absolute atomic E-state index is 0. The summed E-state index contributed by atoms with van der Waals surface area (Å²) in [6.45, 7) is 4.46. The van der Waals surface area contributed by atoms with Gasteiger partial charge in [-0.15, -0.1) is 0 Å². The number of nitrogens with zero attached hydrogens (tertiary/aromatic N) is 4. The van der Waals surface area contributed by atoms with Gasteiger partial charge >= 0.3 is 0 Å². The number of anilines is 1. The number of aliphatic imine (C=N–C) groups is 1. The zero-order valence-electron chi connectivity index (χ0n) is 18.8. The minimum atomic E-state index is -0.00715. The molecule has 1 amide bonds. The van der Waals surface area contributed by atoms with E-state index in [1.54, 1.807) is 0 Å². The molecule has 1 aromatic carbocycles. The van der Waals surface area contributed by atoms with Crippen LogP contribution in [0.25, 0.3) is 0 Å². The number of carbonyl (C=O) groups is 1. The first kappa shape index (κ1) is 24.8. The number of hydrogen-bond acceptors (Lipinski definition) is 5. The number of amides is 1. The molecule has 0 radical (unpaired) electrons. The highest BCUT2D eigenvalue weighted by atomic mass is 16.5. The molecule has 4 rings (SSSR count). The summed E-state index contributed by atoms with van der Waals surface area (Å²) in [5, 5.41) is 0. The van der Waals surface area contributed by atoms with E-state index in [-0.39, 0.29) is 23.4 Å². The Morgan fingerprint density at radius 2 is 1.71 bits per heavy atom. The van der Waals surface area contributed by atoms with Crippen molar-refractivity contribution >= 4 is 17.5 Å². The minimum Gasteiger partial charge on any atom is -0.476 e. The summed E-state index contributed by atoms with van der Waals surface area (Å²) in [5.41, 5.74) is 2.00. The third-order valence-electron chi connectivity index (χ3n) is 6.20. The monoisotopic (exact) mass is 432 g/mol. The summed E-state index contributed by atoms with van der Waals surface area (Å²) in [5.74, 6) is 2.82. The second-order valence-corrected chi connectivity index (χ2v) is 8.75.